The molecule has 106 valence electrons. The second-order valence-electron chi connectivity index (χ2n) is 7.15. The molecule has 0 saturated heterocycles. The van der Waals surface area contributed by atoms with Crippen LogP contribution in [-0.4, -0.2) is 37.6 Å². The Morgan fingerprint density at radius 3 is 2.33 bits per heavy atom. The van der Waals surface area contributed by atoms with Crippen LogP contribution in [0.5, 0.6) is 0 Å². The second-order valence-corrected chi connectivity index (χ2v) is 7.15. The van der Waals surface area contributed by atoms with E-state index in [2.05, 4.69) is 31.1 Å². The van der Waals surface area contributed by atoms with Gasteiger partial charge in [0.15, 0.2) is 0 Å². The summed E-state index contributed by atoms with van der Waals surface area (Å²) in [4.78, 5) is 2.81. The van der Waals surface area contributed by atoms with Gasteiger partial charge in [-0.25, -0.2) is 0 Å². The van der Waals surface area contributed by atoms with Gasteiger partial charge in [-0.15, -0.1) is 0 Å². The maximum absolute atomic E-state index is 3.47. The van der Waals surface area contributed by atoms with Gasteiger partial charge in [0.2, 0.25) is 0 Å². The first-order valence-corrected chi connectivity index (χ1v) is 8.04. The molecule has 1 N–H and O–H groups in total. The van der Waals surface area contributed by atoms with Crippen molar-refractivity contribution in [3.63, 3.8) is 0 Å². The minimum atomic E-state index is 0.574. The summed E-state index contributed by atoms with van der Waals surface area (Å²) in [6, 6.07) is 0.919. The molecule has 0 atom stereocenters. The molecule has 0 aromatic carbocycles. The van der Waals surface area contributed by atoms with Gasteiger partial charge in [0, 0.05) is 25.7 Å². The van der Waals surface area contributed by atoms with Crippen molar-refractivity contribution < 1.29 is 0 Å². The molecule has 2 rings (SSSR count). The van der Waals surface area contributed by atoms with Crippen LogP contribution in [0, 0.1) is 11.3 Å². The van der Waals surface area contributed by atoms with Gasteiger partial charge in [0.05, 0.1) is 0 Å². The molecule has 0 aromatic heterocycles. The fraction of sp³-hybridized carbons (Fsp3) is 1.00. The Labute approximate surface area is 114 Å². The van der Waals surface area contributed by atoms with Crippen LogP contribution in [0.1, 0.15) is 58.8 Å². The lowest BCUT2D eigenvalue weighted by atomic mass is 9.73. The summed E-state index contributed by atoms with van der Waals surface area (Å²) < 4.78 is 0. The molecule has 2 nitrogen and oxygen atoms in total. The van der Waals surface area contributed by atoms with Gasteiger partial charge >= 0.3 is 0 Å². The minimum Gasteiger partial charge on any atom is -0.319 e. The van der Waals surface area contributed by atoms with Gasteiger partial charge in [-0.1, -0.05) is 33.1 Å². The quantitative estimate of drug-likeness (QED) is 0.748. The predicted molar refractivity (Wildman–Crippen MR) is 78.9 cm³/mol. The van der Waals surface area contributed by atoms with E-state index in [0.717, 1.165) is 12.0 Å². The fourth-order valence-electron chi connectivity index (χ4n) is 3.75. The molecule has 2 heteroatoms. The van der Waals surface area contributed by atoms with Crippen molar-refractivity contribution in [3.8, 4) is 0 Å². The first-order chi connectivity index (χ1) is 8.65. The van der Waals surface area contributed by atoms with E-state index in [1.165, 1.54) is 64.6 Å². The monoisotopic (exact) mass is 252 g/mol. The zero-order chi connectivity index (χ0) is 13.0. The van der Waals surface area contributed by atoms with Crippen molar-refractivity contribution in [2.45, 2.75) is 64.8 Å². The Hall–Kier alpha value is -0.0800. The Morgan fingerprint density at radius 1 is 1.17 bits per heavy atom. The van der Waals surface area contributed by atoms with E-state index in [9.17, 15) is 0 Å². The Kier molecular flexibility index (Phi) is 5.08. The lowest BCUT2D eigenvalue weighted by molar-refractivity contribution is 0.0913. The third kappa shape index (κ3) is 3.96. The lowest BCUT2D eigenvalue weighted by Crippen LogP contribution is -2.46. The van der Waals surface area contributed by atoms with Gasteiger partial charge in [0.25, 0.3) is 0 Å². The Bertz CT molecular complexity index is 234. The molecular formula is C16H32N2. The van der Waals surface area contributed by atoms with Gasteiger partial charge in [-0.2, -0.15) is 0 Å². The highest BCUT2D eigenvalue weighted by molar-refractivity contribution is 4.93. The maximum Gasteiger partial charge on any atom is 0.00967 e. The van der Waals surface area contributed by atoms with Crippen LogP contribution in [0.4, 0.5) is 0 Å². The third-order valence-corrected chi connectivity index (χ3v) is 4.67. The molecule has 0 heterocycles. The van der Waals surface area contributed by atoms with Crippen molar-refractivity contribution in [2.24, 2.45) is 11.3 Å². The summed E-state index contributed by atoms with van der Waals surface area (Å²) in [7, 11) is 2.13. The number of hydrogen-bond donors (Lipinski definition) is 1. The van der Waals surface area contributed by atoms with E-state index in [0.29, 0.717) is 5.41 Å². The molecule has 0 aliphatic heterocycles. The lowest BCUT2D eigenvalue weighted by Gasteiger charge is -2.42. The zero-order valence-corrected chi connectivity index (χ0v) is 12.7. The zero-order valence-electron chi connectivity index (χ0n) is 12.7. The summed E-state index contributed by atoms with van der Waals surface area (Å²) in [5.41, 5.74) is 0.574. The maximum atomic E-state index is 3.47. The van der Waals surface area contributed by atoms with E-state index in [4.69, 9.17) is 0 Å². The molecule has 0 amide bonds. The molecule has 0 radical (unpaired) electrons. The molecule has 0 aromatic rings. The van der Waals surface area contributed by atoms with Crippen LogP contribution in [0.2, 0.25) is 0 Å². The third-order valence-electron chi connectivity index (χ3n) is 4.67. The van der Waals surface area contributed by atoms with Gasteiger partial charge in [-0.05, 0) is 44.1 Å². The highest BCUT2D eigenvalue weighted by atomic mass is 15.2. The molecule has 2 aliphatic carbocycles. The van der Waals surface area contributed by atoms with Crippen molar-refractivity contribution in [1.82, 2.24) is 10.2 Å². The molecule has 2 saturated carbocycles. The van der Waals surface area contributed by atoms with E-state index in [-0.39, 0.29) is 0 Å². The molecule has 2 fully saturated rings. The standard InChI is InChI=1S/C16H32N2/c1-14(2)11-18(15-7-8-15)13-16(12-17-3)9-5-4-6-10-16/h14-15,17H,4-13H2,1-3H3. The van der Waals surface area contributed by atoms with Crippen LogP contribution in [0.15, 0.2) is 0 Å². The number of nitrogens with zero attached hydrogens (tertiary/aromatic N) is 1. The summed E-state index contributed by atoms with van der Waals surface area (Å²) in [5.74, 6) is 0.806. The molecule has 0 unspecified atom stereocenters. The first-order valence-electron chi connectivity index (χ1n) is 8.04. The molecular weight excluding hydrogens is 220 g/mol. The van der Waals surface area contributed by atoms with Crippen LogP contribution >= 0.6 is 0 Å². The van der Waals surface area contributed by atoms with E-state index >= 15 is 0 Å². The Balaban J connectivity index is 1.96. The van der Waals surface area contributed by atoms with Crippen molar-refractivity contribution in [3.05, 3.63) is 0 Å². The van der Waals surface area contributed by atoms with Gasteiger partial charge in [0.1, 0.15) is 0 Å². The molecule has 0 bridgehead atoms. The summed E-state index contributed by atoms with van der Waals surface area (Å²) in [5, 5.41) is 3.47. The minimum absolute atomic E-state index is 0.574. The molecule has 2 aliphatic rings. The topological polar surface area (TPSA) is 15.3 Å². The highest BCUT2D eigenvalue weighted by Gasteiger charge is 2.38. The number of rotatable bonds is 7. The van der Waals surface area contributed by atoms with Gasteiger partial charge < -0.3 is 5.32 Å². The normalized spacial score (nSPS) is 23.8. The van der Waals surface area contributed by atoms with Crippen molar-refractivity contribution in [2.75, 3.05) is 26.7 Å². The van der Waals surface area contributed by atoms with Crippen LogP contribution in [0.3, 0.4) is 0 Å². The van der Waals surface area contributed by atoms with Gasteiger partial charge in [-0.3, -0.25) is 4.90 Å². The van der Waals surface area contributed by atoms with Crippen LogP contribution in [0.25, 0.3) is 0 Å². The summed E-state index contributed by atoms with van der Waals surface area (Å²) >= 11 is 0. The summed E-state index contributed by atoms with van der Waals surface area (Å²) in [6.45, 7) is 8.59. The second kappa shape index (κ2) is 6.38. The highest BCUT2D eigenvalue weighted by Crippen LogP contribution is 2.39. The molecule has 0 spiro atoms. The van der Waals surface area contributed by atoms with E-state index < -0.39 is 0 Å². The van der Waals surface area contributed by atoms with E-state index in [1.807, 2.05) is 0 Å². The molecule has 18 heavy (non-hydrogen) atoms. The predicted octanol–water partition coefficient (Wildman–Crippen LogP) is 3.28. The smallest absolute Gasteiger partial charge is 0.00967 e. The van der Waals surface area contributed by atoms with E-state index in [1.54, 1.807) is 0 Å². The fourth-order valence-corrected chi connectivity index (χ4v) is 3.75. The van der Waals surface area contributed by atoms with Crippen LogP contribution in [-0.2, 0) is 0 Å². The Morgan fingerprint density at radius 2 is 1.83 bits per heavy atom. The SMILES string of the molecule is CNCC1(CN(CC(C)C)C2CC2)CCCCC1. The average Bonchev–Trinajstić information content (AvgIpc) is 3.13. The summed E-state index contributed by atoms with van der Waals surface area (Å²) in [6.07, 6.45) is 10.1. The average molecular weight is 252 g/mol. The van der Waals surface area contributed by atoms with Crippen molar-refractivity contribution >= 4 is 0 Å². The number of nitrogens with one attached hydrogen (secondary N) is 1. The largest absolute Gasteiger partial charge is 0.319 e. The first kappa shape index (κ1) is 14.3. The van der Waals surface area contributed by atoms with Crippen molar-refractivity contribution in [1.29, 1.82) is 0 Å². The van der Waals surface area contributed by atoms with Crippen LogP contribution < -0.4 is 5.32 Å². The number of hydrogen-bond acceptors (Lipinski definition) is 2.